The van der Waals surface area contributed by atoms with Crippen molar-refractivity contribution in [2.45, 2.75) is 53.0 Å². The molecule has 0 bridgehead atoms. The zero-order chi connectivity index (χ0) is 10.0. The van der Waals surface area contributed by atoms with Crippen LogP contribution in [0.2, 0.25) is 0 Å². The second-order valence-corrected chi connectivity index (χ2v) is 3.07. The molecule has 1 N–H and O–H groups in total. The van der Waals surface area contributed by atoms with E-state index in [0.717, 1.165) is 13.0 Å². The Morgan fingerprint density at radius 2 is 1.83 bits per heavy atom. The molecule has 0 heterocycles. The normalized spacial score (nSPS) is 9.67. The lowest BCUT2D eigenvalue weighted by Crippen LogP contribution is -2.38. The molecule has 0 aliphatic carbocycles. The molecular weight excluding hydrogens is 148 g/mol. The third-order valence-electron chi connectivity index (χ3n) is 1.52. The zero-order valence-corrected chi connectivity index (χ0v) is 9.07. The molecule has 0 rings (SSSR count). The Balaban J connectivity index is 0. The van der Waals surface area contributed by atoms with Gasteiger partial charge in [-0.25, -0.2) is 0 Å². The standard InChI is InChI=1S/C8H16N2.C2H6/c1-4-10-8(2,3)6-5-7-9;1-2/h10H,4-6H2,1-3H3;1-2H3. The topological polar surface area (TPSA) is 35.8 Å². The Kier molecular flexibility index (Phi) is 9.97. The van der Waals surface area contributed by atoms with Crippen LogP contribution in [0, 0.1) is 11.3 Å². The van der Waals surface area contributed by atoms with E-state index in [1.165, 1.54) is 0 Å². The Hall–Kier alpha value is -0.550. The van der Waals surface area contributed by atoms with Crippen molar-refractivity contribution in [2.24, 2.45) is 0 Å². The summed E-state index contributed by atoms with van der Waals surface area (Å²) in [5.74, 6) is 0. The first kappa shape index (κ1) is 14.0. The van der Waals surface area contributed by atoms with Gasteiger partial charge in [0.1, 0.15) is 0 Å². The van der Waals surface area contributed by atoms with Crippen molar-refractivity contribution in [2.75, 3.05) is 6.54 Å². The van der Waals surface area contributed by atoms with Crippen LogP contribution >= 0.6 is 0 Å². The van der Waals surface area contributed by atoms with Crippen molar-refractivity contribution in [3.8, 4) is 6.07 Å². The average molecular weight is 170 g/mol. The SMILES string of the molecule is CC.CCNC(C)(C)CCC#N. The van der Waals surface area contributed by atoms with E-state index in [1.807, 2.05) is 13.8 Å². The highest BCUT2D eigenvalue weighted by atomic mass is 14.9. The van der Waals surface area contributed by atoms with E-state index >= 15 is 0 Å². The van der Waals surface area contributed by atoms with E-state index < -0.39 is 0 Å². The highest BCUT2D eigenvalue weighted by Crippen LogP contribution is 2.09. The molecular formula is C10H22N2. The van der Waals surface area contributed by atoms with Crippen molar-refractivity contribution < 1.29 is 0 Å². The van der Waals surface area contributed by atoms with Crippen LogP contribution in [-0.4, -0.2) is 12.1 Å². The molecule has 0 saturated heterocycles. The number of hydrogen-bond donors (Lipinski definition) is 1. The van der Waals surface area contributed by atoms with Gasteiger partial charge in [-0.2, -0.15) is 5.26 Å². The van der Waals surface area contributed by atoms with E-state index in [9.17, 15) is 0 Å². The van der Waals surface area contributed by atoms with E-state index in [2.05, 4.69) is 32.2 Å². The number of nitrogens with one attached hydrogen (secondary N) is 1. The lowest BCUT2D eigenvalue weighted by molar-refractivity contribution is 0.376. The molecule has 72 valence electrons. The van der Waals surface area contributed by atoms with Gasteiger partial charge in [-0.15, -0.1) is 0 Å². The maximum Gasteiger partial charge on any atom is 0.0622 e. The number of rotatable bonds is 4. The summed E-state index contributed by atoms with van der Waals surface area (Å²) in [7, 11) is 0. The monoisotopic (exact) mass is 170 g/mol. The Bertz CT molecular complexity index is 122. The second kappa shape index (κ2) is 8.55. The third kappa shape index (κ3) is 9.45. The minimum atomic E-state index is 0.129. The molecule has 0 spiro atoms. The quantitative estimate of drug-likeness (QED) is 0.704. The molecule has 12 heavy (non-hydrogen) atoms. The first-order valence-corrected chi connectivity index (χ1v) is 4.74. The molecule has 0 radical (unpaired) electrons. The summed E-state index contributed by atoms with van der Waals surface area (Å²) < 4.78 is 0. The van der Waals surface area contributed by atoms with Crippen molar-refractivity contribution in [3.63, 3.8) is 0 Å². The van der Waals surface area contributed by atoms with Crippen LogP contribution in [0.25, 0.3) is 0 Å². The van der Waals surface area contributed by atoms with Crippen molar-refractivity contribution >= 4 is 0 Å². The van der Waals surface area contributed by atoms with Gasteiger partial charge in [0.2, 0.25) is 0 Å². The summed E-state index contributed by atoms with van der Waals surface area (Å²) in [4.78, 5) is 0. The molecule has 0 aliphatic heterocycles. The summed E-state index contributed by atoms with van der Waals surface area (Å²) >= 11 is 0. The molecule has 0 aromatic carbocycles. The molecule has 0 saturated carbocycles. The van der Waals surface area contributed by atoms with E-state index in [4.69, 9.17) is 5.26 Å². The van der Waals surface area contributed by atoms with Crippen molar-refractivity contribution in [3.05, 3.63) is 0 Å². The van der Waals surface area contributed by atoms with Gasteiger partial charge in [-0.3, -0.25) is 0 Å². The van der Waals surface area contributed by atoms with Gasteiger partial charge in [-0.1, -0.05) is 20.8 Å². The largest absolute Gasteiger partial charge is 0.312 e. The van der Waals surface area contributed by atoms with Gasteiger partial charge < -0.3 is 5.32 Å². The highest BCUT2D eigenvalue weighted by Gasteiger charge is 2.14. The molecule has 0 atom stereocenters. The molecule has 0 aliphatic rings. The van der Waals surface area contributed by atoms with Crippen LogP contribution in [0.4, 0.5) is 0 Å². The summed E-state index contributed by atoms with van der Waals surface area (Å²) in [6, 6.07) is 2.14. The minimum absolute atomic E-state index is 0.129. The molecule has 2 nitrogen and oxygen atoms in total. The van der Waals surface area contributed by atoms with Crippen LogP contribution < -0.4 is 5.32 Å². The Morgan fingerprint density at radius 1 is 1.33 bits per heavy atom. The molecule has 0 amide bonds. The lowest BCUT2D eigenvalue weighted by Gasteiger charge is -2.24. The second-order valence-electron chi connectivity index (χ2n) is 3.07. The maximum absolute atomic E-state index is 8.32. The zero-order valence-electron chi connectivity index (χ0n) is 9.07. The molecule has 0 aromatic heterocycles. The summed E-state index contributed by atoms with van der Waals surface area (Å²) in [5, 5.41) is 11.6. The van der Waals surface area contributed by atoms with Gasteiger partial charge in [0.25, 0.3) is 0 Å². The van der Waals surface area contributed by atoms with E-state index in [1.54, 1.807) is 0 Å². The summed E-state index contributed by atoms with van der Waals surface area (Å²) in [6.45, 7) is 11.3. The lowest BCUT2D eigenvalue weighted by atomic mass is 9.99. The summed E-state index contributed by atoms with van der Waals surface area (Å²) in [6.07, 6.45) is 1.57. The Labute approximate surface area is 77.0 Å². The van der Waals surface area contributed by atoms with Crippen LogP contribution in [0.5, 0.6) is 0 Å². The van der Waals surface area contributed by atoms with Gasteiger partial charge in [0, 0.05) is 12.0 Å². The fourth-order valence-electron chi connectivity index (χ4n) is 0.935. The number of nitriles is 1. The summed E-state index contributed by atoms with van der Waals surface area (Å²) in [5.41, 5.74) is 0.129. The van der Waals surface area contributed by atoms with Crippen LogP contribution in [-0.2, 0) is 0 Å². The average Bonchev–Trinajstić information content (AvgIpc) is 2.05. The van der Waals surface area contributed by atoms with E-state index in [0.29, 0.717) is 6.42 Å². The van der Waals surface area contributed by atoms with Crippen LogP contribution in [0.15, 0.2) is 0 Å². The molecule has 0 unspecified atom stereocenters. The molecule has 0 aromatic rings. The Morgan fingerprint density at radius 3 is 2.17 bits per heavy atom. The van der Waals surface area contributed by atoms with Gasteiger partial charge in [0.15, 0.2) is 0 Å². The highest BCUT2D eigenvalue weighted by molar-refractivity contribution is 4.82. The molecule has 2 heteroatoms. The number of hydrogen-bond acceptors (Lipinski definition) is 2. The fourth-order valence-corrected chi connectivity index (χ4v) is 0.935. The van der Waals surface area contributed by atoms with Gasteiger partial charge in [0.05, 0.1) is 6.07 Å². The number of nitrogens with zero attached hydrogens (tertiary/aromatic N) is 1. The predicted molar refractivity (Wildman–Crippen MR) is 54.0 cm³/mol. The third-order valence-corrected chi connectivity index (χ3v) is 1.52. The predicted octanol–water partition coefficient (Wildman–Crippen LogP) is 2.70. The fraction of sp³-hybridized carbons (Fsp3) is 0.900. The molecule has 0 fully saturated rings. The van der Waals surface area contributed by atoms with Gasteiger partial charge in [-0.05, 0) is 26.8 Å². The van der Waals surface area contributed by atoms with Crippen molar-refractivity contribution in [1.82, 2.24) is 5.32 Å². The van der Waals surface area contributed by atoms with E-state index in [-0.39, 0.29) is 5.54 Å². The minimum Gasteiger partial charge on any atom is -0.312 e. The first-order valence-electron chi connectivity index (χ1n) is 4.74. The smallest absolute Gasteiger partial charge is 0.0622 e. The van der Waals surface area contributed by atoms with Gasteiger partial charge >= 0.3 is 0 Å². The van der Waals surface area contributed by atoms with Crippen LogP contribution in [0.3, 0.4) is 0 Å². The van der Waals surface area contributed by atoms with Crippen LogP contribution in [0.1, 0.15) is 47.5 Å². The maximum atomic E-state index is 8.32. The van der Waals surface area contributed by atoms with Crippen molar-refractivity contribution in [1.29, 1.82) is 5.26 Å². The first-order chi connectivity index (χ1) is 5.62.